The highest BCUT2D eigenvalue weighted by atomic mass is 127. The number of hydrogen-bond donors (Lipinski definition) is 0. The molecule has 5 heteroatoms. The molecular formula is C7H5F3IN. The molecule has 0 radical (unpaired) electrons. The maximum absolute atomic E-state index is 12.1. The molecule has 0 atom stereocenters. The Morgan fingerprint density at radius 2 is 2.00 bits per heavy atom. The summed E-state index contributed by atoms with van der Waals surface area (Å²) in [7, 11) is 0. The number of aryl methyl sites for hydroxylation is 1. The van der Waals surface area contributed by atoms with Crippen molar-refractivity contribution >= 4 is 22.6 Å². The van der Waals surface area contributed by atoms with Crippen LogP contribution in [0.1, 0.15) is 11.3 Å². The zero-order chi connectivity index (χ0) is 9.35. The van der Waals surface area contributed by atoms with Gasteiger partial charge in [0, 0.05) is 9.77 Å². The van der Waals surface area contributed by atoms with Gasteiger partial charge in [0.05, 0.1) is 0 Å². The Balaban J connectivity index is 3.19. The lowest BCUT2D eigenvalue weighted by Crippen LogP contribution is -2.10. The number of nitrogens with zero attached hydrogens (tertiary/aromatic N) is 1. The summed E-state index contributed by atoms with van der Waals surface area (Å²) in [5.41, 5.74) is -0.0823. The third-order valence-corrected chi connectivity index (χ3v) is 2.07. The van der Waals surface area contributed by atoms with Gasteiger partial charge < -0.3 is 0 Å². The lowest BCUT2D eigenvalue weighted by molar-refractivity contribution is -0.141. The van der Waals surface area contributed by atoms with E-state index in [4.69, 9.17) is 0 Å². The van der Waals surface area contributed by atoms with Crippen molar-refractivity contribution < 1.29 is 13.2 Å². The number of aromatic nitrogens is 1. The minimum atomic E-state index is -4.34. The van der Waals surface area contributed by atoms with E-state index in [0.717, 1.165) is 5.56 Å². The molecule has 0 spiro atoms. The Morgan fingerprint density at radius 3 is 2.42 bits per heavy atom. The van der Waals surface area contributed by atoms with Gasteiger partial charge in [-0.15, -0.1) is 0 Å². The molecule has 12 heavy (non-hydrogen) atoms. The van der Waals surface area contributed by atoms with E-state index in [-0.39, 0.29) is 3.57 Å². The second kappa shape index (κ2) is 3.20. The summed E-state index contributed by atoms with van der Waals surface area (Å²) in [5.74, 6) is 0. The first-order valence-electron chi connectivity index (χ1n) is 3.10. The van der Waals surface area contributed by atoms with Gasteiger partial charge in [-0.25, -0.2) is 0 Å². The Morgan fingerprint density at radius 1 is 1.42 bits per heavy atom. The van der Waals surface area contributed by atoms with Gasteiger partial charge in [-0.3, -0.25) is 4.98 Å². The molecule has 1 nitrogen and oxygen atoms in total. The fourth-order valence-electron chi connectivity index (χ4n) is 0.742. The summed E-state index contributed by atoms with van der Waals surface area (Å²) in [6.45, 7) is 1.70. The largest absolute Gasteiger partial charge is 0.434 e. The Kier molecular flexibility index (Phi) is 2.60. The minimum absolute atomic E-state index is 0.139. The highest BCUT2D eigenvalue weighted by molar-refractivity contribution is 14.1. The predicted octanol–water partition coefficient (Wildman–Crippen LogP) is 3.01. The van der Waals surface area contributed by atoms with Gasteiger partial charge in [0.2, 0.25) is 0 Å². The third kappa shape index (κ3) is 2.09. The molecule has 0 unspecified atom stereocenters. The highest BCUT2D eigenvalue weighted by Crippen LogP contribution is 2.30. The summed E-state index contributed by atoms with van der Waals surface area (Å²) in [4.78, 5) is 3.32. The number of pyridine rings is 1. The van der Waals surface area contributed by atoms with Crippen molar-refractivity contribution in [2.75, 3.05) is 0 Å². The van der Waals surface area contributed by atoms with E-state index in [2.05, 4.69) is 4.98 Å². The maximum atomic E-state index is 12.1. The number of rotatable bonds is 0. The van der Waals surface area contributed by atoms with Crippen LogP contribution in [-0.2, 0) is 6.18 Å². The molecule has 66 valence electrons. The molecule has 0 N–H and O–H groups in total. The van der Waals surface area contributed by atoms with Crippen LogP contribution in [0, 0.1) is 10.5 Å². The van der Waals surface area contributed by atoms with Crippen molar-refractivity contribution in [3.05, 3.63) is 27.1 Å². The molecule has 0 saturated heterocycles. The van der Waals surface area contributed by atoms with Crippen LogP contribution in [-0.4, -0.2) is 4.98 Å². The Hall–Kier alpha value is -0.330. The highest BCUT2D eigenvalue weighted by Gasteiger charge is 2.34. The van der Waals surface area contributed by atoms with Crippen LogP contribution in [0.2, 0.25) is 0 Å². The van der Waals surface area contributed by atoms with E-state index < -0.39 is 11.9 Å². The molecule has 1 rings (SSSR count). The molecule has 0 bridgehead atoms. The van der Waals surface area contributed by atoms with Gasteiger partial charge in [-0.2, -0.15) is 13.2 Å². The zero-order valence-corrected chi connectivity index (χ0v) is 8.27. The first kappa shape index (κ1) is 9.76. The van der Waals surface area contributed by atoms with Crippen molar-refractivity contribution in [1.82, 2.24) is 4.98 Å². The van der Waals surface area contributed by atoms with Crippen LogP contribution < -0.4 is 0 Å². The fraction of sp³-hybridized carbons (Fsp3) is 0.286. The van der Waals surface area contributed by atoms with Crippen molar-refractivity contribution in [2.45, 2.75) is 13.1 Å². The monoisotopic (exact) mass is 287 g/mol. The molecule has 1 aromatic heterocycles. The number of hydrogen-bond acceptors (Lipinski definition) is 1. The SMILES string of the molecule is Cc1cnc(C(F)(F)F)c(I)c1. The van der Waals surface area contributed by atoms with Crippen LogP contribution in [0.3, 0.4) is 0 Å². The minimum Gasteiger partial charge on any atom is -0.250 e. The first-order chi connectivity index (χ1) is 5.41. The van der Waals surface area contributed by atoms with E-state index in [1.807, 2.05) is 0 Å². The maximum Gasteiger partial charge on any atom is 0.434 e. The van der Waals surface area contributed by atoms with E-state index in [0.29, 0.717) is 0 Å². The van der Waals surface area contributed by atoms with Crippen LogP contribution in [0.25, 0.3) is 0 Å². The van der Waals surface area contributed by atoms with Gasteiger partial charge in [0.15, 0.2) is 5.69 Å². The average Bonchev–Trinajstić information content (AvgIpc) is 1.83. The van der Waals surface area contributed by atoms with Crippen LogP contribution >= 0.6 is 22.6 Å². The molecule has 0 fully saturated rings. The van der Waals surface area contributed by atoms with E-state index in [1.165, 1.54) is 12.3 Å². The van der Waals surface area contributed by atoms with E-state index in [1.54, 1.807) is 29.5 Å². The summed E-state index contributed by atoms with van der Waals surface area (Å²) in [6, 6.07) is 1.45. The quantitative estimate of drug-likeness (QED) is 0.668. The van der Waals surface area contributed by atoms with Crippen molar-refractivity contribution in [3.8, 4) is 0 Å². The van der Waals surface area contributed by atoms with Gasteiger partial charge in [-0.05, 0) is 41.1 Å². The lowest BCUT2D eigenvalue weighted by Gasteiger charge is -2.07. The predicted molar refractivity (Wildman–Crippen MR) is 46.7 cm³/mol. The Labute approximate surface area is 81.1 Å². The summed E-state index contributed by atoms with van der Waals surface area (Å²) in [5, 5.41) is 0. The third-order valence-electron chi connectivity index (χ3n) is 1.25. The van der Waals surface area contributed by atoms with E-state index >= 15 is 0 Å². The van der Waals surface area contributed by atoms with Crippen LogP contribution in [0.4, 0.5) is 13.2 Å². The standard InChI is InChI=1S/C7H5F3IN/c1-4-2-5(11)6(12-3-4)7(8,9)10/h2-3H,1H3. The van der Waals surface area contributed by atoms with Crippen LogP contribution in [0.15, 0.2) is 12.3 Å². The number of alkyl halides is 3. The van der Waals surface area contributed by atoms with Crippen molar-refractivity contribution in [3.63, 3.8) is 0 Å². The molecular weight excluding hydrogens is 282 g/mol. The van der Waals surface area contributed by atoms with Crippen LogP contribution in [0.5, 0.6) is 0 Å². The second-order valence-electron chi connectivity index (χ2n) is 2.34. The number of halogens is 4. The molecule has 0 aliphatic heterocycles. The van der Waals surface area contributed by atoms with Crippen molar-refractivity contribution in [2.24, 2.45) is 0 Å². The molecule has 0 saturated carbocycles. The average molecular weight is 287 g/mol. The van der Waals surface area contributed by atoms with Gasteiger partial charge in [-0.1, -0.05) is 0 Å². The van der Waals surface area contributed by atoms with Gasteiger partial charge >= 0.3 is 6.18 Å². The van der Waals surface area contributed by atoms with Gasteiger partial charge in [0.1, 0.15) is 0 Å². The Bertz CT molecular complexity index is 295. The first-order valence-corrected chi connectivity index (χ1v) is 4.18. The summed E-state index contributed by atoms with van der Waals surface area (Å²) < 4.78 is 36.5. The molecule has 0 aliphatic rings. The summed E-state index contributed by atoms with van der Waals surface area (Å²) in [6.07, 6.45) is -3.13. The van der Waals surface area contributed by atoms with Crippen molar-refractivity contribution in [1.29, 1.82) is 0 Å². The normalized spacial score (nSPS) is 11.8. The molecule has 0 amide bonds. The second-order valence-corrected chi connectivity index (χ2v) is 3.50. The molecule has 1 aromatic rings. The van der Waals surface area contributed by atoms with E-state index in [9.17, 15) is 13.2 Å². The summed E-state index contributed by atoms with van der Waals surface area (Å²) >= 11 is 1.63. The smallest absolute Gasteiger partial charge is 0.250 e. The lowest BCUT2D eigenvalue weighted by atomic mass is 10.3. The topological polar surface area (TPSA) is 12.9 Å². The molecule has 0 aliphatic carbocycles. The molecule has 0 aromatic carbocycles. The zero-order valence-electron chi connectivity index (χ0n) is 6.11. The molecule has 1 heterocycles. The van der Waals surface area contributed by atoms with Gasteiger partial charge in [0.25, 0.3) is 0 Å². The fourth-order valence-corrected chi connectivity index (χ4v) is 1.68.